The second-order valence-electron chi connectivity index (χ2n) is 3.16. The summed E-state index contributed by atoms with van der Waals surface area (Å²) in [6.07, 6.45) is 0. The van der Waals surface area contributed by atoms with Crippen LogP contribution in [-0.2, 0) is 14.6 Å². The summed E-state index contributed by atoms with van der Waals surface area (Å²) in [5.41, 5.74) is 0. The molecule has 0 amide bonds. The molecule has 0 fully saturated rings. The number of hydrogen-bond acceptors (Lipinski definition) is 4. The molecular formula is C8H19NO3S. The Morgan fingerprint density at radius 1 is 1.31 bits per heavy atom. The molecule has 0 unspecified atom stereocenters. The summed E-state index contributed by atoms with van der Waals surface area (Å²) >= 11 is 0. The minimum atomic E-state index is -2.89. The van der Waals surface area contributed by atoms with Crippen molar-refractivity contribution in [1.82, 2.24) is 5.32 Å². The number of nitrogens with one attached hydrogen (secondary N) is 1. The summed E-state index contributed by atoms with van der Waals surface area (Å²) in [4.78, 5) is 0. The number of ether oxygens (including phenoxy) is 1. The Morgan fingerprint density at radius 2 is 1.92 bits per heavy atom. The SMILES string of the molecule is COCCNCCS(=O)(=O)C(C)C. The summed E-state index contributed by atoms with van der Waals surface area (Å²) in [7, 11) is -1.27. The first-order chi connectivity index (χ1) is 6.00. The first-order valence-electron chi connectivity index (χ1n) is 4.42. The molecule has 0 radical (unpaired) electrons. The zero-order valence-corrected chi connectivity index (χ0v) is 9.36. The Balaban J connectivity index is 3.53. The molecule has 0 aromatic carbocycles. The molecular weight excluding hydrogens is 190 g/mol. The van der Waals surface area contributed by atoms with Gasteiger partial charge in [0.2, 0.25) is 0 Å². The van der Waals surface area contributed by atoms with Gasteiger partial charge in [0.1, 0.15) is 0 Å². The van der Waals surface area contributed by atoms with E-state index < -0.39 is 9.84 Å². The van der Waals surface area contributed by atoms with Crippen molar-refractivity contribution in [3.8, 4) is 0 Å². The molecule has 0 aliphatic heterocycles. The second-order valence-corrected chi connectivity index (χ2v) is 5.84. The van der Waals surface area contributed by atoms with Crippen molar-refractivity contribution in [2.75, 3.05) is 32.6 Å². The van der Waals surface area contributed by atoms with E-state index in [1.165, 1.54) is 0 Å². The van der Waals surface area contributed by atoms with Crippen molar-refractivity contribution in [2.24, 2.45) is 0 Å². The lowest BCUT2D eigenvalue weighted by atomic mass is 10.6. The number of rotatable bonds is 7. The van der Waals surface area contributed by atoms with Gasteiger partial charge in [-0.2, -0.15) is 0 Å². The molecule has 0 aliphatic rings. The van der Waals surface area contributed by atoms with Crippen LogP contribution in [0.3, 0.4) is 0 Å². The van der Waals surface area contributed by atoms with Crippen LogP contribution in [0, 0.1) is 0 Å². The summed E-state index contributed by atoms with van der Waals surface area (Å²) in [6, 6.07) is 0. The lowest BCUT2D eigenvalue weighted by Crippen LogP contribution is -2.29. The van der Waals surface area contributed by atoms with Gasteiger partial charge in [0.15, 0.2) is 9.84 Å². The minimum Gasteiger partial charge on any atom is -0.383 e. The standard InChI is InChI=1S/C8H19NO3S/c1-8(2)13(10,11)7-5-9-4-6-12-3/h8-9H,4-7H2,1-3H3. The number of sulfone groups is 1. The third-order valence-corrected chi connectivity index (χ3v) is 3.97. The van der Waals surface area contributed by atoms with E-state index in [1.807, 2.05) is 0 Å². The van der Waals surface area contributed by atoms with Gasteiger partial charge < -0.3 is 10.1 Å². The van der Waals surface area contributed by atoms with Crippen LogP contribution in [0.25, 0.3) is 0 Å². The van der Waals surface area contributed by atoms with Crippen LogP contribution >= 0.6 is 0 Å². The summed E-state index contributed by atoms with van der Waals surface area (Å²) in [5, 5.41) is 2.71. The van der Waals surface area contributed by atoms with Crippen molar-refractivity contribution >= 4 is 9.84 Å². The molecule has 0 aromatic rings. The number of hydrogen-bond donors (Lipinski definition) is 1. The molecule has 0 bridgehead atoms. The van der Waals surface area contributed by atoms with Gasteiger partial charge in [-0.05, 0) is 13.8 Å². The predicted octanol–water partition coefficient (Wildman–Crippen LogP) is 0.0456. The smallest absolute Gasteiger partial charge is 0.153 e. The maximum Gasteiger partial charge on any atom is 0.153 e. The first-order valence-corrected chi connectivity index (χ1v) is 6.13. The topological polar surface area (TPSA) is 55.4 Å². The largest absolute Gasteiger partial charge is 0.383 e. The summed E-state index contributed by atoms with van der Waals surface area (Å²) in [5.74, 6) is 0.203. The van der Waals surface area contributed by atoms with Gasteiger partial charge >= 0.3 is 0 Å². The molecule has 0 spiro atoms. The van der Waals surface area contributed by atoms with Gasteiger partial charge in [-0.25, -0.2) is 8.42 Å². The van der Waals surface area contributed by atoms with Gasteiger partial charge in [0.25, 0.3) is 0 Å². The maximum absolute atomic E-state index is 11.3. The monoisotopic (exact) mass is 209 g/mol. The molecule has 80 valence electrons. The van der Waals surface area contributed by atoms with Crippen molar-refractivity contribution in [3.63, 3.8) is 0 Å². The normalized spacial score (nSPS) is 12.3. The van der Waals surface area contributed by atoms with Crippen molar-refractivity contribution in [2.45, 2.75) is 19.1 Å². The van der Waals surface area contributed by atoms with Crippen LogP contribution in [0.5, 0.6) is 0 Å². The Kier molecular flexibility index (Phi) is 6.28. The van der Waals surface area contributed by atoms with E-state index in [4.69, 9.17) is 4.74 Å². The molecule has 0 aliphatic carbocycles. The Bertz CT molecular complexity index is 211. The Morgan fingerprint density at radius 3 is 2.38 bits per heavy atom. The highest BCUT2D eigenvalue weighted by Gasteiger charge is 2.14. The lowest BCUT2D eigenvalue weighted by Gasteiger charge is -2.07. The van der Waals surface area contributed by atoms with E-state index in [1.54, 1.807) is 21.0 Å². The summed E-state index contributed by atoms with van der Waals surface area (Å²) < 4.78 is 27.4. The van der Waals surface area contributed by atoms with Gasteiger partial charge in [-0.3, -0.25) is 0 Å². The highest BCUT2D eigenvalue weighted by Crippen LogP contribution is 1.98. The molecule has 0 aromatic heterocycles. The van der Waals surface area contributed by atoms with Crippen molar-refractivity contribution < 1.29 is 13.2 Å². The van der Waals surface area contributed by atoms with E-state index >= 15 is 0 Å². The first kappa shape index (κ1) is 12.9. The Hall–Kier alpha value is -0.130. The average Bonchev–Trinajstić information content (AvgIpc) is 2.03. The Labute approximate surface area is 80.6 Å². The molecule has 5 heteroatoms. The zero-order chi connectivity index (χ0) is 10.3. The van der Waals surface area contributed by atoms with Gasteiger partial charge in [0.05, 0.1) is 17.6 Å². The van der Waals surface area contributed by atoms with Crippen LogP contribution in [0.4, 0.5) is 0 Å². The summed E-state index contributed by atoms with van der Waals surface area (Å²) in [6.45, 7) is 5.21. The zero-order valence-electron chi connectivity index (χ0n) is 8.54. The third kappa shape index (κ3) is 6.01. The van der Waals surface area contributed by atoms with E-state index in [-0.39, 0.29) is 11.0 Å². The fraction of sp³-hybridized carbons (Fsp3) is 1.00. The molecule has 0 heterocycles. The van der Waals surface area contributed by atoms with Gasteiger partial charge in [0, 0.05) is 20.2 Å². The van der Waals surface area contributed by atoms with Crippen LogP contribution < -0.4 is 5.32 Å². The van der Waals surface area contributed by atoms with Crippen LogP contribution in [-0.4, -0.2) is 46.2 Å². The van der Waals surface area contributed by atoms with E-state index in [0.717, 1.165) is 0 Å². The highest BCUT2D eigenvalue weighted by molar-refractivity contribution is 7.92. The molecule has 4 nitrogen and oxygen atoms in total. The van der Waals surface area contributed by atoms with E-state index in [0.29, 0.717) is 19.7 Å². The van der Waals surface area contributed by atoms with Gasteiger partial charge in [-0.1, -0.05) is 0 Å². The minimum absolute atomic E-state index is 0.203. The fourth-order valence-corrected chi connectivity index (χ4v) is 1.65. The predicted molar refractivity (Wildman–Crippen MR) is 53.7 cm³/mol. The molecule has 0 saturated heterocycles. The van der Waals surface area contributed by atoms with Crippen LogP contribution in [0.15, 0.2) is 0 Å². The second kappa shape index (κ2) is 6.34. The van der Waals surface area contributed by atoms with Gasteiger partial charge in [-0.15, -0.1) is 0 Å². The average molecular weight is 209 g/mol. The number of methoxy groups -OCH3 is 1. The van der Waals surface area contributed by atoms with Crippen molar-refractivity contribution in [3.05, 3.63) is 0 Å². The molecule has 13 heavy (non-hydrogen) atoms. The van der Waals surface area contributed by atoms with E-state index in [2.05, 4.69) is 5.32 Å². The highest BCUT2D eigenvalue weighted by atomic mass is 32.2. The fourth-order valence-electron chi connectivity index (χ4n) is 0.749. The quantitative estimate of drug-likeness (QED) is 0.602. The lowest BCUT2D eigenvalue weighted by molar-refractivity contribution is 0.200. The molecule has 0 atom stereocenters. The maximum atomic E-state index is 11.3. The van der Waals surface area contributed by atoms with Crippen molar-refractivity contribution in [1.29, 1.82) is 0 Å². The molecule has 0 rings (SSSR count). The van der Waals surface area contributed by atoms with E-state index in [9.17, 15) is 8.42 Å². The molecule has 1 N–H and O–H groups in total. The third-order valence-electron chi connectivity index (χ3n) is 1.76. The molecule has 0 saturated carbocycles. The van der Waals surface area contributed by atoms with Crippen LogP contribution in [0.1, 0.15) is 13.8 Å². The van der Waals surface area contributed by atoms with Crippen LogP contribution in [0.2, 0.25) is 0 Å².